The van der Waals surface area contributed by atoms with Gasteiger partial charge in [0.25, 0.3) is 0 Å². The fraction of sp³-hybridized carbons (Fsp3) is 0.579. The van der Waals surface area contributed by atoms with Gasteiger partial charge in [-0.2, -0.15) is 0 Å². The number of carboxylic acid groups (broad SMARTS) is 1. The number of unbranched alkanes of at least 4 members (excludes halogenated alkanes) is 1. The highest BCUT2D eigenvalue weighted by Gasteiger charge is 2.26. The van der Waals surface area contributed by atoms with Gasteiger partial charge in [-0.3, -0.25) is 4.79 Å². The van der Waals surface area contributed by atoms with Crippen LogP contribution in [0.1, 0.15) is 44.1 Å². The summed E-state index contributed by atoms with van der Waals surface area (Å²) in [6, 6.07) is 9.97. The average molecular weight is 348 g/mol. The van der Waals surface area contributed by atoms with Crippen LogP contribution < -0.4 is 10.6 Å². The Morgan fingerprint density at radius 3 is 2.48 bits per heavy atom. The van der Waals surface area contributed by atoms with Gasteiger partial charge in [-0.15, -0.1) is 0 Å². The Morgan fingerprint density at radius 2 is 1.80 bits per heavy atom. The third kappa shape index (κ3) is 7.56. The van der Waals surface area contributed by atoms with Crippen LogP contribution in [0.25, 0.3) is 0 Å². The normalized spacial score (nSPS) is 20.0. The molecule has 0 aliphatic heterocycles. The molecule has 1 fully saturated rings. The number of ether oxygens (including phenoxy) is 1. The summed E-state index contributed by atoms with van der Waals surface area (Å²) in [5.41, 5.74) is 1.16. The number of aliphatic carboxylic acids is 1. The summed E-state index contributed by atoms with van der Waals surface area (Å²) >= 11 is 0. The number of rotatable bonds is 9. The van der Waals surface area contributed by atoms with Crippen molar-refractivity contribution in [3.8, 4) is 0 Å². The van der Waals surface area contributed by atoms with Crippen LogP contribution in [0.5, 0.6) is 0 Å². The predicted octanol–water partition coefficient (Wildman–Crippen LogP) is 2.93. The lowest BCUT2D eigenvalue weighted by Gasteiger charge is -2.26. The molecule has 1 aliphatic carbocycles. The maximum absolute atomic E-state index is 11.8. The summed E-state index contributed by atoms with van der Waals surface area (Å²) in [7, 11) is 0. The first-order valence-electron chi connectivity index (χ1n) is 9.04. The van der Waals surface area contributed by atoms with Gasteiger partial charge in [-0.1, -0.05) is 30.3 Å². The number of amides is 2. The maximum atomic E-state index is 11.8. The number of carbonyl (C=O) groups excluding carboxylic acids is 1. The second kappa shape index (κ2) is 10.7. The first kappa shape index (κ1) is 19.2. The van der Waals surface area contributed by atoms with E-state index in [1.165, 1.54) is 0 Å². The highest BCUT2D eigenvalue weighted by Crippen LogP contribution is 2.24. The minimum atomic E-state index is -0.725. The van der Waals surface area contributed by atoms with Crippen molar-refractivity contribution < 1.29 is 19.4 Å². The smallest absolute Gasteiger partial charge is 0.315 e. The van der Waals surface area contributed by atoms with E-state index < -0.39 is 5.97 Å². The van der Waals surface area contributed by atoms with Crippen molar-refractivity contribution in [1.82, 2.24) is 10.6 Å². The van der Waals surface area contributed by atoms with E-state index in [2.05, 4.69) is 10.6 Å². The molecule has 0 atom stereocenters. The topological polar surface area (TPSA) is 87.7 Å². The van der Waals surface area contributed by atoms with Crippen LogP contribution in [0.2, 0.25) is 0 Å². The quantitative estimate of drug-likeness (QED) is 0.599. The second-order valence-corrected chi connectivity index (χ2v) is 6.53. The molecule has 1 aromatic carbocycles. The Bertz CT molecular complexity index is 527. The Hall–Kier alpha value is -2.08. The van der Waals surface area contributed by atoms with E-state index in [4.69, 9.17) is 9.84 Å². The van der Waals surface area contributed by atoms with E-state index in [1.54, 1.807) is 0 Å². The molecule has 1 saturated carbocycles. The largest absolute Gasteiger partial charge is 0.481 e. The summed E-state index contributed by atoms with van der Waals surface area (Å²) in [6.45, 7) is 1.91. The number of hydrogen-bond donors (Lipinski definition) is 3. The van der Waals surface area contributed by atoms with Crippen molar-refractivity contribution in [2.24, 2.45) is 5.92 Å². The molecule has 6 heteroatoms. The Balaban J connectivity index is 1.45. The molecule has 0 spiro atoms. The fourth-order valence-electron chi connectivity index (χ4n) is 3.02. The molecule has 2 amide bonds. The number of urea groups is 1. The van der Waals surface area contributed by atoms with Crippen LogP contribution in [0.15, 0.2) is 30.3 Å². The summed E-state index contributed by atoms with van der Waals surface area (Å²) in [6.07, 6.45) is 4.51. The van der Waals surface area contributed by atoms with Crippen LogP contribution >= 0.6 is 0 Å². The molecule has 1 aromatic rings. The van der Waals surface area contributed by atoms with Crippen LogP contribution in [0.4, 0.5) is 4.79 Å². The zero-order valence-electron chi connectivity index (χ0n) is 14.6. The SMILES string of the molecule is O=C(NCCCCOCc1ccccc1)NC1CCC(C(=O)O)CC1. The van der Waals surface area contributed by atoms with Gasteiger partial charge in [0, 0.05) is 19.2 Å². The molecule has 3 N–H and O–H groups in total. The van der Waals surface area contributed by atoms with Gasteiger partial charge in [0.05, 0.1) is 12.5 Å². The molecule has 0 heterocycles. The van der Waals surface area contributed by atoms with Gasteiger partial charge in [0.1, 0.15) is 0 Å². The van der Waals surface area contributed by atoms with E-state index in [9.17, 15) is 9.59 Å². The van der Waals surface area contributed by atoms with Gasteiger partial charge in [0.2, 0.25) is 0 Å². The minimum Gasteiger partial charge on any atom is -0.481 e. The highest BCUT2D eigenvalue weighted by molar-refractivity contribution is 5.74. The van der Waals surface area contributed by atoms with E-state index in [-0.39, 0.29) is 18.0 Å². The molecule has 25 heavy (non-hydrogen) atoms. The highest BCUT2D eigenvalue weighted by atomic mass is 16.5. The predicted molar refractivity (Wildman–Crippen MR) is 95.2 cm³/mol. The van der Waals surface area contributed by atoms with Crippen molar-refractivity contribution >= 4 is 12.0 Å². The first-order valence-corrected chi connectivity index (χ1v) is 9.04. The molecular weight excluding hydrogens is 320 g/mol. The van der Waals surface area contributed by atoms with E-state index >= 15 is 0 Å². The molecule has 138 valence electrons. The number of carboxylic acids is 1. The monoisotopic (exact) mass is 348 g/mol. The molecule has 0 unspecified atom stereocenters. The van der Waals surface area contributed by atoms with Crippen molar-refractivity contribution in [1.29, 1.82) is 0 Å². The third-order valence-electron chi connectivity index (χ3n) is 4.52. The van der Waals surface area contributed by atoms with Crippen molar-refractivity contribution in [3.05, 3.63) is 35.9 Å². The molecule has 2 rings (SSSR count). The van der Waals surface area contributed by atoms with Crippen LogP contribution in [0.3, 0.4) is 0 Å². The van der Waals surface area contributed by atoms with Crippen molar-refractivity contribution in [2.45, 2.75) is 51.2 Å². The summed E-state index contributed by atoms with van der Waals surface area (Å²) in [5, 5.41) is 14.7. The number of hydrogen-bond acceptors (Lipinski definition) is 3. The summed E-state index contributed by atoms with van der Waals surface area (Å²) < 4.78 is 5.60. The van der Waals surface area contributed by atoms with E-state index in [0.717, 1.165) is 31.2 Å². The zero-order valence-corrected chi connectivity index (χ0v) is 14.6. The molecule has 0 aromatic heterocycles. The summed E-state index contributed by atoms with van der Waals surface area (Å²) in [5.74, 6) is -0.977. The molecular formula is C19H28N2O4. The van der Waals surface area contributed by atoms with E-state index in [1.807, 2.05) is 30.3 Å². The lowest BCUT2D eigenvalue weighted by atomic mass is 9.86. The second-order valence-electron chi connectivity index (χ2n) is 6.53. The lowest BCUT2D eigenvalue weighted by Crippen LogP contribution is -2.44. The summed E-state index contributed by atoms with van der Waals surface area (Å²) in [4.78, 5) is 22.7. The van der Waals surface area contributed by atoms with Crippen molar-refractivity contribution in [2.75, 3.05) is 13.2 Å². The average Bonchev–Trinajstić information content (AvgIpc) is 2.62. The molecule has 0 saturated heterocycles. The molecule has 0 bridgehead atoms. The van der Waals surface area contributed by atoms with Gasteiger partial charge >= 0.3 is 12.0 Å². The number of nitrogens with one attached hydrogen (secondary N) is 2. The molecule has 0 radical (unpaired) electrons. The van der Waals surface area contributed by atoms with Gasteiger partial charge in [-0.25, -0.2) is 4.79 Å². The Labute approximate surface area is 149 Å². The first-order chi connectivity index (χ1) is 12.1. The number of benzene rings is 1. The van der Waals surface area contributed by atoms with E-state index in [0.29, 0.717) is 32.6 Å². The molecule has 6 nitrogen and oxygen atoms in total. The third-order valence-corrected chi connectivity index (χ3v) is 4.52. The van der Waals surface area contributed by atoms with Gasteiger partial charge < -0.3 is 20.5 Å². The van der Waals surface area contributed by atoms with Crippen LogP contribution in [-0.2, 0) is 16.1 Å². The zero-order chi connectivity index (χ0) is 17.9. The Morgan fingerprint density at radius 1 is 1.08 bits per heavy atom. The van der Waals surface area contributed by atoms with Crippen LogP contribution in [0, 0.1) is 5.92 Å². The number of carbonyl (C=O) groups is 2. The Kier molecular flexibility index (Phi) is 8.25. The lowest BCUT2D eigenvalue weighted by molar-refractivity contribution is -0.142. The minimum absolute atomic E-state index is 0.0878. The van der Waals surface area contributed by atoms with Crippen molar-refractivity contribution in [3.63, 3.8) is 0 Å². The van der Waals surface area contributed by atoms with Gasteiger partial charge in [0.15, 0.2) is 0 Å². The maximum Gasteiger partial charge on any atom is 0.315 e. The standard InChI is InChI=1S/C19H28N2O4/c22-18(23)16-8-10-17(11-9-16)21-19(24)20-12-4-5-13-25-14-15-6-2-1-3-7-15/h1-3,6-7,16-17H,4-5,8-14H2,(H,22,23)(H2,20,21,24). The van der Waals surface area contributed by atoms with Crippen LogP contribution in [-0.4, -0.2) is 36.3 Å². The molecule has 1 aliphatic rings. The fourth-order valence-corrected chi connectivity index (χ4v) is 3.02. The van der Waals surface area contributed by atoms with Gasteiger partial charge in [-0.05, 0) is 44.1 Å².